The number of aromatic nitrogens is 3. The molecule has 11 heteroatoms. The van der Waals surface area contributed by atoms with Crippen molar-refractivity contribution in [2.75, 3.05) is 19.0 Å². The number of rotatable bonds is 5. The Kier molecular flexibility index (Phi) is 4.33. The molecule has 2 rings (SSSR count). The molecule has 9 nitrogen and oxygen atoms in total. The first-order chi connectivity index (χ1) is 9.88. The minimum absolute atomic E-state index is 0.305. The van der Waals surface area contributed by atoms with E-state index in [4.69, 9.17) is 5.11 Å². The quantitative estimate of drug-likeness (QED) is 0.646. The van der Waals surface area contributed by atoms with Crippen molar-refractivity contribution in [2.45, 2.75) is 9.37 Å². The maximum atomic E-state index is 11.1. The van der Waals surface area contributed by atoms with Gasteiger partial charge in [0.05, 0.1) is 4.92 Å². The number of nitrogens with zero attached hydrogens (tertiary/aromatic N) is 5. The van der Waals surface area contributed by atoms with Crippen LogP contribution in [0.5, 0.6) is 0 Å². The van der Waals surface area contributed by atoms with Crippen LogP contribution in [0.15, 0.2) is 21.6 Å². The third-order valence-electron chi connectivity index (χ3n) is 2.26. The first kappa shape index (κ1) is 15.1. The van der Waals surface area contributed by atoms with Crippen LogP contribution in [0.3, 0.4) is 0 Å². The fraction of sp³-hybridized carbons (Fsp3) is 0.200. The SMILES string of the molecule is CN(C)c1nnc(Sc2cc(C(=O)O)c([N+](=O)[O-])cn2)s1. The molecule has 1 N–H and O–H groups in total. The Bertz CT molecular complexity index is 703. The molecule has 0 aliphatic heterocycles. The van der Waals surface area contributed by atoms with E-state index >= 15 is 0 Å². The fourth-order valence-electron chi connectivity index (χ4n) is 1.32. The summed E-state index contributed by atoms with van der Waals surface area (Å²) >= 11 is 2.40. The molecule has 0 aromatic carbocycles. The van der Waals surface area contributed by atoms with Crippen LogP contribution >= 0.6 is 23.1 Å². The smallest absolute Gasteiger partial charge is 0.342 e. The van der Waals surface area contributed by atoms with Crippen LogP contribution in [-0.4, -0.2) is 45.3 Å². The van der Waals surface area contributed by atoms with E-state index in [1.54, 1.807) is 4.90 Å². The Balaban J connectivity index is 2.30. The molecule has 0 unspecified atom stereocenters. The van der Waals surface area contributed by atoms with Gasteiger partial charge in [-0.3, -0.25) is 10.1 Å². The van der Waals surface area contributed by atoms with Gasteiger partial charge < -0.3 is 10.0 Å². The average Bonchev–Trinajstić information content (AvgIpc) is 2.87. The van der Waals surface area contributed by atoms with E-state index in [1.165, 1.54) is 11.3 Å². The Morgan fingerprint density at radius 3 is 2.71 bits per heavy atom. The molecule has 0 radical (unpaired) electrons. The highest BCUT2D eigenvalue weighted by molar-refractivity contribution is 8.01. The molecule has 2 heterocycles. The summed E-state index contributed by atoms with van der Waals surface area (Å²) in [4.78, 5) is 26.7. The van der Waals surface area contributed by atoms with Crippen molar-refractivity contribution < 1.29 is 14.8 Å². The summed E-state index contributed by atoms with van der Waals surface area (Å²) in [6.07, 6.45) is 0.930. The van der Waals surface area contributed by atoms with Crippen molar-refractivity contribution >= 4 is 39.9 Å². The molecule has 0 aliphatic carbocycles. The minimum Gasteiger partial charge on any atom is -0.477 e. The number of pyridine rings is 1. The normalized spacial score (nSPS) is 10.4. The summed E-state index contributed by atoms with van der Waals surface area (Å²) in [7, 11) is 3.64. The molecular weight excluding hydrogens is 318 g/mol. The zero-order valence-corrected chi connectivity index (χ0v) is 12.5. The highest BCUT2D eigenvalue weighted by Crippen LogP contribution is 2.33. The maximum Gasteiger partial charge on any atom is 0.342 e. The monoisotopic (exact) mass is 327 g/mol. The van der Waals surface area contributed by atoms with Gasteiger partial charge in [0.1, 0.15) is 16.8 Å². The van der Waals surface area contributed by atoms with Gasteiger partial charge in [0.15, 0.2) is 4.34 Å². The lowest BCUT2D eigenvalue weighted by Gasteiger charge is -2.03. The molecule has 0 atom stereocenters. The summed E-state index contributed by atoms with van der Waals surface area (Å²) < 4.78 is 0.566. The third kappa shape index (κ3) is 3.44. The van der Waals surface area contributed by atoms with Gasteiger partial charge in [-0.05, 0) is 17.8 Å². The Morgan fingerprint density at radius 1 is 1.48 bits per heavy atom. The number of carbonyl (C=O) groups is 1. The number of hydrogen-bond acceptors (Lipinski definition) is 9. The first-order valence-corrected chi connectivity index (χ1v) is 7.08. The first-order valence-electron chi connectivity index (χ1n) is 5.45. The summed E-state index contributed by atoms with van der Waals surface area (Å²) in [6.45, 7) is 0. The molecule has 110 valence electrons. The molecular formula is C10H9N5O4S2. The fourth-order valence-corrected chi connectivity index (χ4v) is 3.01. The van der Waals surface area contributed by atoms with Crippen molar-refractivity contribution in [3.8, 4) is 0 Å². The van der Waals surface area contributed by atoms with E-state index in [2.05, 4.69) is 15.2 Å². The number of carboxylic acid groups (broad SMARTS) is 1. The lowest BCUT2D eigenvalue weighted by molar-refractivity contribution is -0.385. The van der Waals surface area contributed by atoms with E-state index in [-0.39, 0.29) is 0 Å². The number of nitro groups is 1. The largest absolute Gasteiger partial charge is 0.477 e. The molecule has 2 aromatic heterocycles. The predicted molar refractivity (Wildman–Crippen MR) is 76.2 cm³/mol. The van der Waals surface area contributed by atoms with Crippen LogP contribution in [0, 0.1) is 10.1 Å². The average molecular weight is 327 g/mol. The number of aromatic carboxylic acids is 1. The molecule has 0 saturated carbocycles. The van der Waals surface area contributed by atoms with E-state index in [0.717, 1.165) is 24.0 Å². The van der Waals surface area contributed by atoms with Gasteiger partial charge in [0.2, 0.25) is 5.13 Å². The summed E-state index contributed by atoms with van der Waals surface area (Å²) in [5.41, 5.74) is -0.951. The summed E-state index contributed by atoms with van der Waals surface area (Å²) in [5, 5.41) is 28.6. The van der Waals surface area contributed by atoms with Gasteiger partial charge in [-0.15, -0.1) is 10.2 Å². The second kappa shape index (κ2) is 6.01. The van der Waals surface area contributed by atoms with Crippen molar-refractivity contribution in [2.24, 2.45) is 0 Å². The molecule has 2 aromatic rings. The Morgan fingerprint density at radius 2 is 2.19 bits per heavy atom. The highest BCUT2D eigenvalue weighted by atomic mass is 32.2. The maximum absolute atomic E-state index is 11.1. The van der Waals surface area contributed by atoms with Crippen LogP contribution < -0.4 is 4.90 Å². The van der Waals surface area contributed by atoms with Crippen molar-refractivity contribution in [1.29, 1.82) is 0 Å². The second-order valence-corrected chi connectivity index (χ2v) is 6.17. The highest BCUT2D eigenvalue weighted by Gasteiger charge is 2.21. The molecule has 0 amide bonds. The predicted octanol–water partition coefficient (Wildman–Crippen LogP) is 1.76. The zero-order chi connectivity index (χ0) is 15.6. The number of anilines is 1. The second-order valence-electron chi connectivity index (χ2n) is 3.95. The molecule has 0 saturated heterocycles. The van der Waals surface area contributed by atoms with Gasteiger partial charge in [-0.1, -0.05) is 11.3 Å². The van der Waals surface area contributed by atoms with Crippen LogP contribution in [0.1, 0.15) is 10.4 Å². The van der Waals surface area contributed by atoms with Crippen molar-refractivity contribution in [1.82, 2.24) is 15.2 Å². The third-order valence-corrected chi connectivity index (χ3v) is 4.33. The van der Waals surface area contributed by atoms with Crippen molar-refractivity contribution in [3.05, 3.63) is 27.9 Å². The van der Waals surface area contributed by atoms with Gasteiger partial charge >= 0.3 is 11.7 Å². The number of carboxylic acids is 1. The van der Waals surface area contributed by atoms with Crippen molar-refractivity contribution in [3.63, 3.8) is 0 Å². The van der Waals surface area contributed by atoms with Gasteiger partial charge in [-0.25, -0.2) is 9.78 Å². The van der Waals surface area contributed by atoms with Crippen LogP contribution in [0.4, 0.5) is 10.8 Å². The Labute approximate surface area is 126 Å². The number of hydrogen-bond donors (Lipinski definition) is 1. The van der Waals surface area contributed by atoms with Crippen LogP contribution in [0.2, 0.25) is 0 Å². The Hall–Kier alpha value is -2.27. The lowest BCUT2D eigenvalue weighted by atomic mass is 10.2. The van der Waals surface area contributed by atoms with E-state index < -0.39 is 22.1 Å². The molecule has 0 spiro atoms. The minimum atomic E-state index is -1.38. The van der Waals surface area contributed by atoms with E-state index in [9.17, 15) is 14.9 Å². The summed E-state index contributed by atoms with van der Waals surface area (Å²) in [6, 6.07) is 1.15. The van der Waals surface area contributed by atoms with Gasteiger partial charge in [0, 0.05) is 14.1 Å². The molecule has 0 fully saturated rings. The lowest BCUT2D eigenvalue weighted by Crippen LogP contribution is -2.07. The zero-order valence-electron chi connectivity index (χ0n) is 10.9. The topological polar surface area (TPSA) is 122 Å². The van der Waals surface area contributed by atoms with Crippen LogP contribution in [-0.2, 0) is 0 Å². The molecule has 0 bridgehead atoms. The van der Waals surface area contributed by atoms with Crippen LogP contribution in [0.25, 0.3) is 0 Å². The van der Waals surface area contributed by atoms with Gasteiger partial charge in [-0.2, -0.15) is 0 Å². The standard InChI is InChI=1S/C10H9N5O4S2/c1-14(2)9-12-13-10(21-9)20-7-3-5(8(16)17)6(4-11-7)15(18)19/h3-4H,1-2H3,(H,16,17). The van der Waals surface area contributed by atoms with E-state index in [0.29, 0.717) is 14.5 Å². The van der Waals surface area contributed by atoms with Gasteiger partial charge in [0.25, 0.3) is 0 Å². The van der Waals surface area contributed by atoms with E-state index in [1.807, 2.05) is 14.1 Å². The molecule has 21 heavy (non-hydrogen) atoms. The molecule has 0 aliphatic rings. The summed E-state index contributed by atoms with van der Waals surface area (Å²) in [5.74, 6) is -1.38.